The van der Waals surface area contributed by atoms with Crippen LogP contribution < -0.4 is 0 Å². The van der Waals surface area contributed by atoms with Crippen LogP contribution in [0.4, 0.5) is 0 Å². The first-order valence-electron chi connectivity index (χ1n) is 7.48. The van der Waals surface area contributed by atoms with Gasteiger partial charge in [-0.15, -0.1) is 0 Å². The third-order valence-corrected chi connectivity index (χ3v) is 6.26. The Bertz CT molecular complexity index is 852. The molecule has 0 radical (unpaired) electrons. The largest absolute Gasteiger partial charge is 0.283 e. The van der Waals surface area contributed by atoms with Crippen molar-refractivity contribution in [2.24, 2.45) is 0 Å². The number of nitrogens with zero attached hydrogens (tertiary/aromatic N) is 3. The molecule has 124 valence electrons. The molecule has 8 heteroatoms. The van der Waals surface area contributed by atoms with Gasteiger partial charge < -0.3 is 0 Å². The van der Waals surface area contributed by atoms with Crippen LogP contribution in [0.5, 0.6) is 0 Å². The van der Waals surface area contributed by atoms with E-state index in [2.05, 4.69) is 10.1 Å². The van der Waals surface area contributed by atoms with Gasteiger partial charge in [-0.1, -0.05) is 29.8 Å². The number of aryl methyl sites for hydroxylation is 1. The van der Waals surface area contributed by atoms with E-state index < -0.39 is 9.84 Å². The molecular formula is C15H20N4O2S2. The van der Waals surface area contributed by atoms with Gasteiger partial charge in [-0.05, 0) is 32.6 Å². The number of nitrogens with one attached hydrogen (secondary N) is 1. The molecule has 3 rings (SSSR count). The zero-order valence-electron chi connectivity index (χ0n) is 13.2. The summed E-state index contributed by atoms with van der Waals surface area (Å²) in [5.41, 5.74) is 2.17. The van der Waals surface area contributed by atoms with Crippen LogP contribution in [-0.2, 0) is 16.5 Å². The van der Waals surface area contributed by atoms with Crippen molar-refractivity contribution in [3.8, 4) is 11.4 Å². The lowest BCUT2D eigenvalue weighted by molar-refractivity contribution is 0.197. The predicted octanol–water partition coefficient (Wildman–Crippen LogP) is 1.99. The molecular weight excluding hydrogens is 332 g/mol. The molecule has 1 saturated heterocycles. The second-order valence-electron chi connectivity index (χ2n) is 6.10. The van der Waals surface area contributed by atoms with Crippen molar-refractivity contribution in [2.45, 2.75) is 26.1 Å². The number of aromatic amines is 1. The monoisotopic (exact) mass is 352 g/mol. The molecule has 0 saturated carbocycles. The van der Waals surface area contributed by atoms with Crippen LogP contribution in [-0.4, -0.2) is 52.7 Å². The van der Waals surface area contributed by atoms with E-state index in [9.17, 15) is 8.42 Å². The molecule has 23 heavy (non-hydrogen) atoms. The molecule has 2 aromatic rings. The number of aromatic nitrogens is 3. The summed E-state index contributed by atoms with van der Waals surface area (Å²) in [4.78, 5) is 6.41. The highest BCUT2D eigenvalue weighted by Crippen LogP contribution is 2.18. The maximum Gasteiger partial charge on any atom is 0.217 e. The molecule has 1 aromatic heterocycles. The molecule has 1 aliphatic rings. The van der Waals surface area contributed by atoms with Crippen molar-refractivity contribution in [3.63, 3.8) is 0 Å². The quantitative estimate of drug-likeness (QED) is 0.852. The van der Waals surface area contributed by atoms with E-state index in [-0.39, 0.29) is 17.5 Å². The number of hydrogen-bond donors (Lipinski definition) is 1. The van der Waals surface area contributed by atoms with Crippen LogP contribution in [0.25, 0.3) is 11.4 Å². The molecule has 0 amide bonds. The molecule has 1 N–H and O–H groups in total. The molecule has 1 fully saturated rings. The minimum absolute atomic E-state index is 0.0352. The molecule has 2 heterocycles. The van der Waals surface area contributed by atoms with Crippen molar-refractivity contribution >= 4 is 22.1 Å². The Labute approximate surface area is 141 Å². The Morgan fingerprint density at radius 3 is 2.70 bits per heavy atom. The van der Waals surface area contributed by atoms with E-state index in [1.165, 1.54) is 5.56 Å². The Kier molecular flexibility index (Phi) is 4.39. The summed E-state index contributed by atoms with van der Waals surface area (Å²) in [6, 6.07) is 8.09. The van der Waals surface area contributed by atoms with Gasteiger partial charge in [0.05, 0.1) is 18.2 Å². The second-order valence-corrected chi connectivity index (χ2v) is 8.70. The van der Waals surface area contributed by atoms with Crippen molar-refractivity contribution in [1.29, 1.82) is 0 Å². The normalized spacial score (nSPS) is 20.2. The zero-order chi connectivity index (χ0) is 16.6. The molecule has 0 unspecified atom stereocenters. The van der Waals surface area contributed by atoms with Gasteiger partial charge in [-0.3, -0.25) is 10.00 Å². The first kappa shape index (κ1) is 16.4. The van der Waals surface area contributed by atoms with Crippen molar-refractivity contribution in [2.75, 3.05) is 18.6 Å². The van der Waals surface area contributed by atoms with Gasteiger partial charge in [0.15, 0.2) is 15.7 Å². The molecule has 0 spiro atoms. The van der Waals surface area contributed by atoms with E-state index in [1.807, 2.05) is 43.1 Å². The van der Waals surface area contributed by atoms with Crippen LogP contribution in [0.1, 0.15) is 12.0 Å². The van der Waals surface area contributed by atoms with Gasteiger partial charge in [0.1, 0.15) is 0 Å². The number of H-pyrrole nitrogens is 1. The van der Waals surface area contributed by atoms with Gasteiger partial charge in [0.25, 0.3) is 0 Å². The van der Waals surface area contributed by atoms with Crippen LogP contribution in [0.2, 0.25) is 0 Å². The van der Waals surface area contributed by atoms with Crippen molar-refractivity contribution in [1.82, 2.24) is 19.7 Å². The summed E-state index contributed by atoms with van der Waals surface area (Å²) in [6.45, 7) is 2.53. The first-order valence-corrected chi connectivity index (χ1v) is 9.71. The standard InChI is InChI=1S/C15H20N4O2S2/c1-11-3-5-12(6-4-11)14-16-15(22)19(17-14)10-18(2)13-7-8-23(20,21)9-13/h3-6,13H,7-10H2,1-2H3,(H,16,17,22)/t13-/m1/s1. The SMILES string of the molecule is Cc1ccc(-c2nc(=S)n(CN(C)[C@@H]3CCS(=O)(=O)C3)[nH]2)cc1. The van der Waals surface area contributed by atoms with Crippen LogP contribution in [0.3, 0.4) is 0 Å². The summed E-state index contributed by atoms with van der Waals surface area (Å²) < 4.78 is 25.5. The van der Waals surface area contributed by atoms with Crippen molar-refractivity contribution in [3.05, 3.63) is 34.6 Å². The lowest BCUT2D eigenvalue weighted by Gasteiger charge is -2.22. The molecule has 0 aliphatic carbocycles. The fourth-order valence-corrected chi connectivity index (χ4v) is 4.75. The summed E-state index contributed by atoms with van der Waals surface area (Å²) in [5, 5.41) is 3.20. The average Bonchev–Trinajstić information content (AvgIpc) is 3.03. The Balaban J connectivity index is 1.76. The van der Waals surface area contributed by atoms with Crippen molar-refractivity contribution < 1.29 is 8.42 Å². The maximum absolute atomic E-state index is 11.6. The molecule has 1 atom stereocenters. The third-order valence-electron chi connectivity index (χ3n) is 4.20. The lowest BCUT2D eigenvalue weighted by atomic mass is 10.1. The van der Waals surface area contributed by atoms with E-state index >= 15 is 0 Å². The number of sulfone groups is 1. The Morgan fingerprint density at radius 1 is 1.39 bits per heavy atom. The highest BCUT2D eigenvalue weighted by molar-refractivity contribution is 7.91. The van der Waals surface area contributed by atoms with Crippen LogP contribution in [0.15, 0.2) is 24.3 Å². The minimum atomic E-state index is -2.89. The third kappa shape index (κ3) is 3.70. The summed E-state index contributed by atoms with van der Waals surface area (Å²) in [7, 11) is -0.971. The molecule has 1 aliphatic heterocycles. The predicted molar refractivity (Wildman–Crippen MR) is 92.4 cm³/mol. The van der Waals surface area contributed by atoms with Crippen LogP contribution >= 0.6 is 12.2 Å². The highest BCUT2D eigenvalue weighted by atomic mass is 32.2. The summed E-state index contributed by atoms with van der Waals surface area (Å²) in [5.74, 6) is 1.21. The Hall–Kier alpha value is -1.51. The fraction of sp³-hybridized carbons (Fsp3) is 0.467. The molecule has 1 aromatic carbocycles. The van der Waals surface area contributed by atoms with E-state index in [1.54, 1.807) is 4.68 Å². The molecule has 6 nitrogen and oxygen atoms in total. The van der Waals surface area contributed by atoms with Gasteiger partial charge in [0, 0.05) is 11.6 Å². The number of rotatable bonds is 4. The van der Waals surface area contributed by atoms with E-state index in [0.717, 1.165) is 11.4 Å². The summed E-state index contributed by atoms with van der Waals surface area (Å²) in [6.07, 6.45) is 0.672. The summed E-state index contributed by atoms with van der Waals surface area (Å²) >= 11 is 5.31. The first-order chi connectivity index (χ1) is 10.8. The van der Waals surface area contributed by atoms with Crippen LogP contribution in [0, 0.1) is 11.7 Å². The minimum Gasteiger partial charge on any atom is -0.283 e. The fourth-order valence-electron chi connectivity index (χ4n) is 2.75. The topological polar surface area (TPSA) is 71.0 Å². The number of benzene rings is 1. The Morgan fingerprint density at radius 2 is 2.09 bits per heavy atom. The van der Waals surface area contributed by atoms with E-state index in [4.69, 9.17) is 12.2 Å². The zero-order valence-corrected chi connectivity index (χ0v) is 14.8. The van der Waals surface area contributed by atoms with Gasteiger partial charge in [-0.2, -0.15) is 4.98 Å². The number of hydrogen-bond acceptors (Lipinski definition) is 5. The van der Waals surface area contributed by atoms with E-state index in [0.29, 0.717) is 17.9 Å². The second kappa shape index (κ2) is 6.18. The van der Waals surface area contributed by atoms with Gasteiger partial charge >= 0.3 is 0 Å². The molecule has 0 bridgehead atoms. The highest BCUT2D eigenvalue weighted by Gasteiger charge is 2.30. The van der Waals surface area contributed by atoms with Gasteiger partial charge in [0.2, 0.25) is 4.77 Å². The smallest absolute Gasteiger partial charge is 0.217 e. The average molecular weight is 352 g/mol. The lowest BCUT2D eigenvalue weighted by Crippen LogP contribution is -2.34. The van der Waals surface area contributed by atoms with Gasteiger partial charge in [-0.25, -0.2) is 13.1 Å². The maximum atomic E-state index is 11.6.